The highest BCUT2D eigenvalue weighted by Crippen LogP contribution is 2.31. The monoisotopic (exact) mass is 523 g/mol. The molecule has 1 saturated heterocycles. The van der Waals surface area contributed by atoms with E-state index in [-0.39, 0.29) is 34.8 Å². The molecule has 11 heteroatoms. The van der Waals surface area contributed by atoms with Crippen molar-refractivity contribution in [1.82, 2.24) is 14.6 Å². The molecule has 2 atom stereocenters. The summed E-state index contributed by atoms with van der Waals surface area (Å²) in [6, 6.07) is 15.2. The van der Waals surface area contributed by atoms with Crippen LogP contribution >= 0.6 is 11.5 Å². The molecule has 2 aromatic carbocycles. The number of hydrogen-bond acceptors (Lipinski definition) is 8. The van der Waals surface area contributed by atoms with E-state index in [0.717, 1.165) is 29.9 Å². The van der Waals surface area contributed by atoms with E-state index in [1.54, 1.807) is 31.4 Å². The van der Waals surface area contributed by atoms with Gasteiger partial charge in [0.05, 0.1) is 18.9 Å². The van der Waals surface area contributed by atoms with E-state index in [4.69, 9.17) is 20.9 Å². The maximum absolute atomic E-state index is 13.9. The second-order valence-corrected chi connectivity index (χ2v) is 9.39. The van der Waals surface area contributed by atoms with Gasteiger partial charge in [-0.15, -0.1) is 0 Å². The van der Waals surface area contributed by atoms with Crippen LogP contribution in [0.4, 0.5) is 5.69 Å². The van der Waals surface area contributed by atoms with Crippen molar-refractivity contribution in [3.63, 3.8) is 0 Å². The number of rotatable bonds is 10. The Kier molecular flexibility index (Phi) is 8.36. The van der Waals surface area contributed by atoms with Gasteiger partial charge in [-0.2, -0.15) is 4.37 Å². The van der Waals surface area contributed by atoms with Crippen LogP contribution < -0.4 is 21.5 Å². The Labute approximate surface area is 218 Å². The van der Waals surface area contributed by atoms with Gasteiger partial charge in [-0.3, -0.25) is 14.4 Å². The standard InChI is InChI=1S/C26H29N5O5S/c1-35-18-11-9-17(10-12-18)22(25(33)29-14-19-8-5-13-36-19)31(15-16-6-3-2-4-7-16)26(34)23-20(27)21(24(28)32)30-37-23/h2-4,6-7,9-12,19,22H,5,8,13-15,27H2,1H3,(H2,28,32)(H,29,33). The Balaban J connectivity index is 1.75. The number of primary amides is 1. The van der Waals surface area contributed by atoms with E-state index in [1.807, 2.05) is 30.3 Å². The first-order valence-electron chi connectivity index (χ1n) is 11.8. The number of methoxy groups -OCH3 is 1. The van der Waals surface area contributed by atoms with Gasteiger partial charge < -0.3 is 31.2 Å². The van der Waals surface area contributed by atoms with Crippen molar-refractivity contribution in [3.05, 3.63) is 76.3 Å². The average molecular weight is 524 g/mol. The van der Waals surface area contributed by atoms with Gasteiger partial charge in [0.25, 0.3) is 11.8 Å². The van der Waals surface area contributed by atoms with Crippen molar-refractivity contribution in [1.29, 1.82) is 0 Å². The maximum atomic E-state index is 13.9. The van der Waals surface area contributed by atoms with E-state index in [9.17, 15) is 14.4 Å². The van der Waals surface area contributed by atoms with E-state index in [1.165, 1.54) is 4.90 Å². The van der Waals surface area contributed by atoms with E-state index in [0.29, 0.717) is 24.5 Å². The first-order valence-corrected chi connectivity index (χ1v) is 12.6. The average Bonchev–Trinajstić information content (AvgIpc) is 3.57. The molecule has 10 nitrogen and oxygen atoms in total. The smallest absolute Gasteiger partial charge is 0.270 e. The third-order valence-corrected chi connectivity index (χ3v) is 6.98. The zero-order chi connectivity index (χ0) is 26.4. The van der Waals surface area contributed by atoms with Crippen LogP contribution in [0, 0.1) is 0 Å². The second-order valence-electron chi connectivity index (χ2n) is 8.61. The molecule has 1 aliphatic heterocycles. The number of nitrogens with two attached hydrogens (primary N) is 2. The Morgan fingerprint density at radius 2 is 1.92 bits per heavy atom. The fourth-order valence-electron chi connectivity index (χ4n) is 4.20. The number of amides is 3. The van der Waals surface area contributed by atoms with Gasteiger partial charge in [-0.05, 0) is 47.6 Å². The third kappa shape index (κ3) is 6.07. The van der Waals surface area contributed by atoms with Gasteiger partial charge in [0.1, 0.15) is 16.7 Å². The molecule has 2 unspecified atom stereocenters. The largest absolute Gasteiger partial charge is 0.497 e. The molecule has 0 bridgehead atoms. The number of aromatic nitrogens is 1. The highest BCUT2D eigenvalue weighted by atomic mass is 32.1. The zero-order valence-corrected chi connectivity index (χ0v) is 21.2. The first kappa shape index (κ1) is 26.1. The lowest BCUT2D eigenvalue weighted by molar-refractivity contribution is -0.126. The summed E-state index contributed by atoms with van der Waals surface area (Å²) in [6.07, 6.45) is 1.72. The van der Waals surface area contributed by atoms with E-state index in [2.05, 4.69) is 9.69 Å². The normalized spacial score (nSPS) is 15.6. The summed E-state index contributed by atoms with van der Waals surface area (Å²) in [5.41, 5.74) is 12.6. The summed E-state index contributed by atoms with van der Waals surface area (Å²) in [6.45, 7) is 1.09. The van der Waals surface area contributed by atoms with E-state index >= 15 is 0 Å². The Bertz CT molecular complexity index is 1240. The maximum Gasteiger partial charge on any atom is 0.270 e. The van der Waals surface area contributed by atoms with Crippen molar-refractivity contribution >= 4 is 34.9 Å². The van der Waals surface area contributed by atoms with Gasteiger partial charge in [-0.25, -0.2) is 0 Å². The molecule has 194 valence electrons. The summed E-state index contributed by atoms with van der Waals surface area (Å²) in [5, 5.41) is 2.96. The van der Waals surface area contributed by atoms with Crippen molar-refractivity contribution in [3.8, 4) is 5.75 Å². The lowest BCUT2D eigenvalue weighted by atomic mass is 10.0. The fraction of sp³-hybridized carbons (Fsp3) is 0.308. The molecule has 0 aliphatic carbocycles. The first-order chi connectivity index (χ1) is 17.9. The van der Waals surface area contributed by atoms with Gasteiger partial charge in [0.2, 0.25) is 5.91 Å². The highest BCUT2D eigenvalue weighted by Gasteiger charge is 2.35. The molecule has 4 rings (SSSR count). The summed E-state index contributed by atoms with van der Waals surface area (Å²) in [4.78, 5) is 40.8. The number of benzene rings is 2. The fourth-order valence-corrected chi connectivity index (χ4v) is 4.96. The quantitative estimate of drug-likeness (QED) is 0.369. The topological polar surface area (TPSA) is 150 Å². The lowest BCUT2D eigenvalue weighted by Gasteiger charge is -2.31. The number of carbonyl (C=O) groups is 3. The van der Waals surface area contributed by atoms with E-state index < -0.39 is 17.9 Å². The molecule has 2 heterocycles. The van der Waals surface area contributed by atoms with Crippen LogP contribution in [-0.4, -0.2) is 53.4 Å². The predicted octanol–water partition coefficient (Wildman–Crippen LogP) is 2.51. The van der Waals surface area contributed by atoms with Crippen molar-refractivity contribution < 1.29 is 23.9 Å². The Morgan fingerprint density at radius 3 is 2.51 bits per heavy atom. The Hall–Kier alpha value is -3.96. The van der Waals surface area contributed by atoms with Crippen LogP contribution in [0.3, 0.4) is 0 Å². The van der Waals surface area contributed by atoms with Gasteiger partial charge in [0.15, 0.2) is 5.69 Å². The number of nitrogens with zero attached hydrogens (tertiary/aromatic N) is 2. The lowest BCUT2D eigenvalue weighted by Crippen LogP contribution is -2.45. The summed E-state index contributed by atoms with van der Waals surface area (Å²) < 4.78 is 14.9. The molecule has 0 spiro atoms. The van der Waals surface area contributed by atoms with Crippen molar-refractivity contribution in [2.45, 2.75) is 31.5 Å². The number of nitrogens with one attached hydrogen (secondary N) is 1. The minimum absolute atomic E-state index is 0.0372. The Morgan fingerprint density at radius 1 is 1.19 bits per heavy atom. The molecular weight excluding hydrogens is 494 g/mol. The molecule has 1 aliphatic rings. The highest BCUT2D eigenvalue weighted by molar-refractivity contribution is 7.09. The van der Waals surface area contributed by atoms with Crippen molar-refractivity contribution in [2.75, 3.05) is 26.0 Å². The molecule has 0 saturated carbocycles. The minimum Gasteiger partial charge on any atom is -0.497 e. The number of nitrogen functional groups attached to an aromatic ring is 1. The molecular formula is C26H29N5O5S. The SMILES string of the molecule is COc1ccc(C(C(=O)NCC2CCCO2)N(Cc2ccccc2)C(=O)c2snc(C(N)=O)c2N)cc1. The summed E-state index contributed by atoms with van der Waals surface area (Å²) in [5.74, 6) is -1.13. The van der Waals surface area contributed by atoms with Gasteiger partial charge >= 0.3 is 0 Å². The molecule has 0 radical (unpaired) electrons. The summed E-state index contributed by atoms with van der Waals surface area (Å²) >= 11 is 0.777. The van der Waals surface area contributed by atoms with Crippen molar-refractivity contribution in [2.24, 2.45) is 5.73 Å². The predicted molar refractivity (Wildman–Crippen MR) is 139 cm³/mol. The van der Waals surface area contributed by atoms with Crippen LogP contribution in [0.25, 0.3) is 0 Å². The number of anilines is 1. The van der Waals surface area contributed by atoms with Crippen LogP contribution in [0.1, 0.15) is 50.2 Å². The molecule has 1 aromatic heterocycles. The third-order valence-electron chi connectivity index (χ3n) is 6.13. The molecule has 5 N–H and O–H groups in total. The second kappa shape index (κ2) is 11.8. The van der Waals surface area contributed by atoms with Crippen LogP contribution in [0.5, 0.6) is 5.75 Å². The van der Waals surface area contributed by atoms with Crippen LogP contribution in [0.15, 0.2) is 54.6 Å². The minimum atomic E-state index is -1.02. The number of ether oxygens (including phenoxy) is 2. The van der Waals surface area contributed by atoms with Gasteiger partial charge in [-0.1, -0.05) is 42.5 Å². The van der Waals surface area contributed by atoms with Crippen LogP contribution in [0.2, 0.25) is 0 Å². The number of hydrogen-bond donors (Lipinski definition) is 3. The zero-order valence-electron chi connectivity index (χ0n) is 20.4. The molecule has 3 amide bonds. The molecule has 1 fully saturated rings. The van der Waals surface area contributed by atoms with Gasteiger partial charge in [0, 0.05) is 19.7 Å². The molecule has 3 aromatic rings. The number of carbonyl (C=O) groups excluding carboxylic acids is 3. The summed E-state index contributed by atoms with van der Waals surface area (Å²) in [7, 11) is 1.55. The van der Waals surface area contributed by atoms with Crippen LogP contribution in [-0.2, 0) is 16.1 Å². The molecule has 37 heavy (non-hydrogen) atoms.